The summed E-state index contributed by atoms with van der Waals surface area (Å²) in [5, 5.41) is 0. The van der Waals surface area contributed by atoms with Crippen LogP contribution in [-0.4, -0.2) is 30.4 Å². The fourth-order valence-electron chi connectivity index (χ4n) is 3.67. The monoisotopic (exact) mass is 416 g/mol. The molecular formula is C21H24N2O3S2. The first kappa shape index (κ1) is 19.2. The Bertz CT molecular complexity index is 1050. The van der Waals surface area contributed by atoms with Crippen molar-refractivity contribution in [3.05, 3.63) is 70.9 Å². The van der Waals surface area contributed by atoms with Crippen LogP contribution in [0.15, 0.2) is 58.9 Å². The first-order valence-corrected chi connectivity index (χ1v) is 11.8. The van der Waals surface area contributed by atoms with Gasteiger partial charge in [-0.05, 0) is 55.3 Å². The Balaban J connectivity index is 1.77. The van der Waals surface area contributed by atoms with Gasteiger partial charge in [0, 0.05) is 29.9 Å². The van der Waals surface area contributed by atoms with Crippen LogP contribution in [0.5, 0.6) is 5.75 Å². The van der Waals surface area contributed by atoms with Crippen LogP contribution < -0.4 is 4.74 Å². The van der Waals surface area contributed by atoms with Crippen LogP contribution in [0.25, 0.3) is 0 Å². The lowest BCUT2D eigenvalue weighted by Gasteiger charge is -2.36. The Morgan fingerprint density at radius 1 is 1.07 bits per heavy atom. The van der Waals surface area contributed by atoms with Crippen LogP contribution in [0.4, 0.5) is 0 Å². The Kier molecular flexibility index (Phi) is 5.31. The highest BCUT2D eigenvalue weighted by molar-refractivity contribution is 7.91. The SMILES string of the molecule is CCOc1ccc(C2c3cccn3CCN2S(=O)(=O)c2ccc(CC)s2)cc1. The summed E-state index contributed by atoms with van der Waals surface area (Å²) < 4.78 is 36.8. The Morgan fingerprint density at radius 2 is 1.86 bits per heavy atom. The molecule has 5 nitrogen and oxygen atoms in total. The molecular weight excluding hydrogens is 392 g/mol. The first-order chi connectivity index (χ1) is 13.5. The van der Waals surface area contributed by atoms with E-state index in [9.17, 15) is 8.42 Å². The summed E-state index contributed by atoms with van der Waals surface area (Å²) in [5.41, 5.74) is 1.94. The van der Waals surface area contributed by atoms with Crippen LogP contribution >= 0.6 is 11.3 Å². The predicted octanol–water partition coefficient (Wildman–Crippen LogP) is 4.30. The van der Waals surface area contributed by atoms with Gasteiger partial charge in [-0.25, -0.2) is 8.42 Å². The fraction of sp³-hybridized carbons (Fsp3) is 0.333. The number of aromatic nitrogens is 1. The van der Waals surface area contributed by atoms with Crippen LogP contribution in [0.3, 0.4) is 0 Å². The van der Waals surface area contributed by atoms with Crippen LogP contribution in [0, 0.1) is 0 Å². The van der Waals surface area contributed by atoms with Gasteiger partial charge in [0.2, 0.25) is 0 Å². The van der Waals surface area contributed by atoms with Gasteiger partial charge in [-0.3, -0.25) is 0 Å². The highest BCUT2D eigenvalue weighted by Gasteiger charge is 2.38. The topological polar surface area (TPSA) is 51.5 Å². The molecule has 28 heavy (non-hydrogen) atoms. The van der Waals surface area contributed by atoms with E-state index in [0.29, 0.717) is 23.9 Å². The molecule has 0 saturated heterocycles. The summed E-state index contributed by atoms with van der Waals surface area (Å²) in [5.74, 6) is 0.790. The lowest BCUT2D eigenvalue weighted by molar-refractivity contribution is 0.298. The molecule has 0 saturated carbocycles. The van der Waals surface area contributed by atoms with Gasteiger partial charge in [-0.2, -0.15) is 4.31 Å². The number of rotatable bonds is 6. The normalized spacial score (nSPS) is 17.4. The second kappa shape index (κ2) is 7.73. The summed E-state index contributed by atoms with van der Waals surface area (Å²) >= 11 is 1.37. The standard InChI is InChI=1S/C21H24N2O3S2/c1-3-18-11-12-20(27-18)28(24,25)23-15-14-22-13-5-6-19(22)21(23)16-7-9-17(10-8-16)26-4-2/h5-13,21H,3-4,14-15H2,1-2H3. The van der Waals surface area contributed by atoms with Gasteiger partial charge in [0.1, 0.15) is 9.96 Å². The number of fused-ring (bicyclic) bond motifs is 1. The molecule has 0 spiro atoms. The lowest BCUT2D eigenvalue weighted by atomic mass is 10.0. The number of hydrogen-bond donors (Lipinski definition) is 0. The number of thiophene rings is 1. The molecule has 4 rings (SSSR count). The maximum atomic E-state index is 13.5. The van der Waals surface area contributed by atoms with Gasteiger partial charge in [0.25, 0.3) is 10.0 Å². The highest BCUT2D eigenvalue weighted by atomic mass is 32.2. The minimum Gasteiger partial charge on any atom is -0.494 e. The molecule has 1 aromatic carbocycles. The summed E-state index contributed by atoms with van der Waals surface area (Å²) in [6.45, 7) is 5.69. The van der Waals surface area contributed by atoms with Gasteiger partial charge < -0.3 is 9.30 Å². The van der Waals surface area contributed by atoms with Gasteiger partial charge in [0.05, 0.1) is 12.6 Å². The number of ether oxygens (including phenoxy) is 1. The number of aryl methyl sites for hydroxylation is 1. The Morgan fingerprint density at radius 3 is 2.54 bits per heavy atom. The van der Waals surface area contributed by atoms with Crippen molar-refractivity contribution in [1.82, 2.24) is 8.87 Å². The van der Waals surface area contributed by atoms with Crippen molar-refractivity contribution in [2.45, 2.75) is 37.1 Å². The second-order valence-corrected chi connectivity index (χ2v) is 10.0. The van der Waals surface area contributed by atoms with Gasteiger partial charge in [-0.15, -0.1) is 11.3 Å². The number of hydrogen-bond acceptors (Lipinski definition) is 4. The predicted molar refractivity (Wildman–Crippen MR) is 111 cm³/mol. The third kappa shape index (κ3) is 3.38. The highest BCUT2D eigenvalue weighted by Crippen LogP contribution is 2.38. The molecule has 0 aliphatic carbocycles. The zero-order valence-corrected chi connectivity index (χ0v) is 17.7. The van der Waals surface area contributed by atoms with E-state index in [2.05, 4.69) is 4.57 Å². The average Bonchev–Trinajstić information content (AvgIpc) is 3.37. The third-order valence-electron chi connectivity index (χ3n) is 5.05. The van der Waals surface area contributed by atoms with Crippen LogP contribution in [-0.2, 0) is 23.0 Å². The second-order valence-electron chi connectivity index (χ2n) is 6.72. The van der Waals surface area contributed by atoms with Crippen molar-refractivity contribution in [1.29, 1.82) is 0 Å². The van der Waals surface area contributed by atoms with Crippen molar-refractivity contribution in [2.75, 3.05) is 13.2 Å². The minimum atomic E-state index is -3.58. The molecule has 0 radical (unpaired) electrons. The summed E-state index contributed by atoms with van der Waals surface area (Å²) in [4.78, 5) is 1.08. The number of sulfonamides is 1. The van der Waals surface area contributed by atoms with E-state index in [1.807, 2.05) is 62.5 Å². The minimum absolute atomic E-state index is 0.350. The summed E-state index contributed by atoms with van der Waals surface area (Å²) in [7, 11) is -3.58. The van der Waals surface area contributed by atoms with E-state index in [4.69, 9.17) is 4.74 Å². The van der Waals surface area contributed by atoms with E-state index < -0.39 is 10.0 Å². The van der Waals surface area contributed by atoms with Crippen molar-refractivity contribution >= 4 is 21.4 Å². The zero-order chi connectivity index (χ0) is 19.7. The molecule has 7 heteroatoms. The molecule has 2 aromatic heterocycles. The molecule has 1 aliphatic rings. The van der Waals surface area contributed by atoms with Gasteiger partial charge in [0.15, 0.2) is 0 Å². The van der Waals surface area contributed by atoms with E-state index in [0.717, 1.165) is 28.3 Å². The quantitative estimate of drug-likeness (QED) is 0.602. The molecule has 1 atom stereocenters. The molecule has 148 valence electrons. The van der Waals surface area contributed by atoms with Crippen molar-refractivity contribution < 1.29 is 13.2 Å². The van der Waals surface area contributed by atoms with E-state index in [1.54, 1.807) is 10.4 Å². The van der Waals surface area contributed by atoms with Gasteiger partial charge in [-0.1, -0.05) is 19.1 Å². The fourth-order valence-corrected chi connectivity index (χ4v) is 6.68. The molecule has 1 unspecified atom stereocenters. The lowest BCUT2D eigenvalue weighted by Crippen LogP contribution is -2.42. The number of nitrogens with zero attached hydrogens (tertiary/aromatic N) is 2. The van der Waals surface area contributed by atoms with Crippen molar-refractivity contribution in [3.8, 4) is 5.75 Å². The maximum Gasteiger partial charge on any atom is 0.253 e. The molecule has 1 aliphatic heterocycles. The van der Waals surface area contributed by atoms with Gasteiger partial charge >= 0.3 is 0 Å². The molecule has 3 aromatic rings. The number of benzene rings is 1. The molecule has 0 bridgehead atoms. The molecule has 0 fully saturated rings. The largest absolute Gasteiger partial charge is 0.494 e. The average molecular weight is 417 g/mol. The smallest absolute Gasteiger partial charge is 0.253 e. The first-order valence-electron chi connectivity index (χ1n) is 9.53. The van der Waals surface area contributed by atoms with Crippen LogP contribution in [0.1, 0.15) is 36.0 Å². The summed E-state index contributed by atoms with van der Waals surface area (Å²) in [6, 6.07) is 15.0. The van der Waals surface area contributed by atoms with E-state index in [1.165, 1.54) is 11.3 Å². The molecule has 0 N–H and O–H groups in total. The van der Waals surface area contributed by atoms with E-state index in [-0.39, 0.29) is 6.04 Å². The molecule has 3 heterocycles. The maximum absolute atomic E-state index is 13.5. The van der Waals surface area contributed by atoms with Crippen molar-refractivity contribution in [2.24, 2.45) is 0 Å². The van der Waals surface area contributed by atoms with Crippen molar-refractivity contribution in [3.63, 3.8) is 0 Å². The Hall–Kier alpha value is -2.09. The van der Waals surface area contributed by atoms with E-state index >= 15 is 0 Å². The zero-order valence-electron chi connectivity index (χ0n) is 16.0. The molecule has 0 amide bonds. The summed E-state index contributed by atoms with van der Waals surface area (Å²) in [6.07, 6.45) is 2.85. The Labute approximate surface area is 170 Å². The third-order valence-corrected chi connectivity index (χ3v) is 8.61. The van der Waals surface area contributed by atoms with Crippen LogP contribution in [0.2, 0.25) is 0 Å².